The molecule has 1 aliphatic heterocycles. The summed E-state index contributed by atoms with van der Waals surface area (Å²) in [5.74, 6) is 1.88. The fourth-order valence-corrected chi connectivity index (χ4v) is 4.51. The van der Waals surface area contributed by atoms with Gasteiger partial charge in [-0.2, -0.15) is 0 Å². The maximum atomic E-state index is 12.4. The molecule has 2 rings (SSSR count). The van der Waals surface area contributed by atoms with Gasteiger partial charge in [0.15, 0.2) is 0 Å². The van der Waals surface area contributed by atoms with E-state index < -0.39 is 10.0 Å². The molecule has 1 saturated heterocycles. The molecule has 1 heterocycles. The van der Waals surface area contributed by atoms with Gasteiger partial charge < -0.3 is 0 Å². The lowest BCUT2D eigenvalue weighted by Crippen LogP contribution is -2.40. The van der Waals surface area contributed by atoms with Crippen LogP contribution in [0.25, 0.3) is 0 Å². The van der Waals surface area contributed by atoms with E-state index in [0.717, 1.165) is 18.4 Å². The van der Waals surface area contributed by atoms with Gasteiger partial charge in [0.1, 0.15) is 0 Å². The number of hydrogen-bond acceptors (Lipinski definition) is 2. The van der Waals surface area contributed by atoms with Crippen molar-refractivity contribution in [2.75, 3.05) is 18.8 Å². The van der Waals surface area contributed by atoms with E-state index in [0.29, 0.717) is 30.8 Å². The first kappa shape index (κ1) is 14.8. The van der Waals surface area contributed by atoms with Crippen molar-refractivity contribution in [2.45, 2.75) is 33.6 Å². The Bertz CT molecular complexity index is 468. The van der Waals surface area contributed by atoms with Crippen molar-refractivity contribution in [3.05, 3.63) is 23.8 Å². The van der Waals surface area contributed by atoms with Gasteiger partial charge in [0, 0.05) is 13.1 Å². The van der Waals surface area contributed by atoms with Crippen molar-refractivity contribution in [2.24, 2.45) is 17.8 Å². The summed E-state index contributed by atoms with van der Waals surface area (Å²) in [6.07, 6.45) is 8.04. The van der Waals surface area contributed by atoms with Gasteiger partial charge in [-0.25, -0.2) is 12.7 Å². The van der Waals surface area contributed by atoms with Crippen LogP contribution in [0.1, 0.15) is 33.6 Å². The number of sulfonamides is 1. The van der Waals surface area contributed by atoms with Crippen LogP contribution < -0.4 is 0 Å². The Balaban J connectivity index is 1.95. The molecule has 0 amide bonds. The minimum atomic E-state index is -3.13. The third kappa shape index (κ3) is 3.69. The molecule has 1 unspecified atom stereocenters. The first-order chi connectivity index (χ1) is 8.88. The monoisotopic (exact) mass is 283 g/mol. The van der Waals surface area contributed by atoms with Gasteiger partial charge in [0.2, 0.25) is 10.0 Å². The quantitative estimate of drug-likeness (QED) is 0.795. The second-order valence-electron chi connectivity index (χ2n) is 6.20. The molecule has 3 nitrogen and oxygen atoms in total. The van der Waals surface area contributed by atoms with E-state index in [1.807, 2.05) is 12.2 Å². The first-order valence-corrected chi connectivity index (χ1v) is 8.86. The Kier molecular flexibility index (Phi) is 4.51. The van der Waals surface area contributed by atoms with Gasteiger partial charge in [-0.15, -0.1) is 0 Å². The minimum absolute atomic E-state index is 0.167. The second kappa shape index (κ2) is 5.80. The van der Waals surface area contributed by atoms with E-state index in [1.54, 1.807) is 4.31 Å². The van der Waals surface area contributed by atoms with Crippen LogP contribution in [0.5, 0.6) is 0 Å². The maximum absolute atomic E-state index is 12.4. The van der Waals surface area contributed by atoms with Gasteiger partial charge in [-0.3, -0.25) is 0 Å². The number of allylic oxidation sites excluding steroid dienone is 3. The summed E-state index contributed by atoms with van der Waals surface area (Å²) < 4.78 is 26.4. The first-order valence-electron chi connectivity index (χ1n) is 7.25. The van der Waals surface area contributed by atoms with Gasteiger partial charge in [0.05, 0.1) is 5.75 Å². The highest BCUT2D eigenvalue weighted by Crippen LogP contribution is 2.27. The highest BCUT2D eigenvalue weighted by atomic mass is 32.2. The van der Waals surface area contributed by atoms with Crippen LogP contribution >= 0.6 is 0 Å². The number of hydrogen-bond donors (Lipinski definition) is 0. The van der Waals surface area contributed by atoms with E-state index in [2.05, 4.69) is 26.8 Å². The van der Waals surface area contributed by atoms with Crippen molar-refractivity contribution < 1.29 is 8.42 Å². The normalized spacial score (nSPS) is 26.1. The zero-order valence-corrected chi connectivity index (χ0v) is 13.0. The number of piperidine rings is 1. The Labute approximate surface area is 117 Å². The third-order valence-corrected chi connectivity index (χ3v) is 6.12. The Morgan fingerprint density at radius 2 is 1.95 bits per heavy atom. The SMILES string of the molecule is CC1C=CC(CS(=O)(=O)N2CCC(C(C)C)CC2)=C1. The van der Waals surface area contributed by atoms with E-state index in [1.165, 1.54) is 0 Å². The van der Waals surface area contributed by atoms with Gasteiger partial charge in [-0.05, 0) is 36.2 Å². The van der Waals surface area contributed by atoms with Crippen molar-refractivity contribution in [3.63, 3.8) is 0 Å². The molecule has 0 aromatic heterocycles. The Morgan fingerprint density at radius 1 is 1.32 bits per heavy atom. The molecule has 1 atom stereocenters. The lowest BCUT2D eigenvalue weighted by molar-refractivity contribution is 0.227. The highest BCUT2D eigenvalue weighted by Gasteiger charge is 2.29. The van der Waals surface area contributed by atoms with Crippen LogP contribution in [0.2, 0.25) is 0 Å². The van der Waals surface area contributed by atoms with Crippen molar-refractivity contribution in [3.8, 4) is 0 Å². The molecule has 108 valence electrons. The average Bonchev–Trinajstić information content (AvgIpc) is 2.74. The predicted molar refractivity (Wildman–Crippen MR) is 79.3 cm³/mol. The highest BCUT2D eigenvalue weighted by molar-refractivity contribution is 7.89. The summed E-state index contributed by atoms with van der Waals surface area (Å²) in [5, 5.41) is 0. The number of rotatable bonds is 4. The topological polar surface area (TPSA) is 37.4 Å². The molecular weight excluding hydrogens is 258 g/mol. The summed E-state index contributed by atoms with van der Waals surface area (Å²) in [5.41, 5.74) is 0.943. The van der Waals surface area contributed by atoms with Gasteiger partial charge >= 0.3 is 0 Å². The molecule has 2 aliphatic rings. The van der Waals surface area contributed by atoms with Crippen molar-refractivity contribution >= 4 is 10.0 Å². The fourth-order valence-electron chi connectivity index (χ4n) is 2.94. The summed E-state index contributed by atoms with van der Waals surface area (Å²) >= 11 is 0. The standard InChI is InChI=1S/C15H25NO2S/c1-12(2)15-6-8-16(9-7-15)19(17,18)11-14-5-4-13(3)10-14/h4-5,10,12-13,15H,6-9,11H2,1-3H3. The molecule has 0 aromatic carbocycles. The van der Waals surface area contributed by atoms with Crippen LogP contribution in [0, 0.1) is 17.8 Å². The Hall–Kier alpha value is -0.610. The van der Waals surface area contributed by atoms with Gasteiger partial charge in [0.25, 0.3) is 0 Å². The van der Waals surface area contributed by atoms with Crippen LogP contribution in [0.3, 0.4) is 0 Å². The molecular formula is C15H25NO2S. The predicted octanol–water partition coefficient (Wildman–Crippen LogP) is 2.82. The molecule has 0 aromatic rings. The summed E-state index contributed by atoms with van der Waals surface area (Å²) in [6.45, 7) is 7.91. The van der Waals surface area contributed by atoms with E-state index in [4.69, 9.17) is 0 Å². The molecule has 0 radical (unpaired) electrons. The van der Waals surface area contributed by atoms with Crippen molar-refractivity contribution in [1.29, 1.82) is 0 Å². The molecule has 0 bridgehead atoms. The molecule has 0 spiro atoms. The minimum Gasteiger partial charge on any atom is -0.212 e. The molecule has 1 aliphatic carbocycles. The zero-order valence-electron chi connectivity index (χ0n) is 12.2. The van der Waals surface area contributed by atoms with E-state index >= 15 is 0 Å². The molecule has 0 saturated carbocycles. The van der Waals surface area contributed by atoms with Crippen LogP contribution in [0.15, 0.2) is 23.8 Å². The zero-order chi connectivity index (χ0) is 14.0. The molecule has 4 heteroatoms. The van der Waals surface area contributed by atoms with Crippen LogP contribution in [0.4, 0.5) is 0 Å². The molecule has 0 N–H and O–H groups in total. The Morgan fingerprint density at radius 3 is 2.42 bits per heavy atom. The van der Waals surface area contributed by atoms with E-state index in [9.17, 15) is 8.42 Å². The summed E-state index contributed by atoms with van der Waals surface area (Å²) in [7, 11) is -3.13. The lowest BCUT2D eigenvalue weighted by atomic mass is 9.87. The lowest BCUT2D eigenvalue weighted by Gasteiger charge is -2.33. The summed E-state index contributed by atoms with van der Waals surface area (Å²) in [4.78, 5) is 0. The van der Waals surface area contributed by atoms with Gasteiger partial charge in [-0.1, -0.05) is 39.0 Å². The number of nitrogens with zero attached hydrogens (tertiary/aromatic N) is 1. The van der Waals surface area contributed by atoms with Crippen molar-refractivity contribution in [1.82, 2.24) is 4.31 Å². The fraction of sp³-hybridized carbons (Fsp3) is 0.733. The van der Waals surface area contributed by atoms with Crippen LogP contribution in [-0.2, 0) is 10.0 Å². The van der Waals surface area contributed by atoms with E-state index in [-0.39, 0.29) is 5.75 Å². The van der Waals surface area contributed by atoms with Crippen LogP contribution in [-0.4, -0.2) is 31.6 Å². The smallest absolute Gasteiger partial charge is 0.212 e. The maximum Gasteiger partial charge on any atom is 0.218 e. The third-order valence-electron chi connectivity index (χ3n) is 4.27. The molecule has 19 heavy (non-hydrogen) atoms. The largest absolute Gasteiger partial charge is 0.218 e. The molecule has 1 fully saturated rings. The average molecular weight is 283 g/mol. The summed E-state index contributed by atoms with van der Waals surface area (Å²) in [6, 6.07) is 0. The second-order valence-corrected chi connectivity index (χ2v) is 8.17.